The van der Waals surface area contributed by atoms with E-state index in [0.29, 0.717) is 11.5 Å². The third kappa shape index (κ3) is 3.09. The smallest absolute Gasteiger partial charge is 0.241 e. The second-order valence-corrected chi connectivity index (χ2v) is 8.92. The SMILES string of the molecule is Cc1ccc(S(=O)(=O)NC2c3ccccc3Oc3ccc4ccccc4c32)cc1. The van der Waals surface area contributed by atoms with Crippen LogP contribution in [0.5, 0.6) is 11.5 Å². The Labute approximate surface area is 169 Å². The molecule has 0 aliphatic carbocycles. The van der Waals surface area contributed by atoms with E-state index >= 15 is 0 Å². The van der Waals surface area contributed by atoms with Gasteiger partial charge in [0.2, 0.25) is 10.0 Å². The van der Waals surface area contributed by atoms with Crippen LogP contribution in [0.4, 0.5) is 0 Å². The zero-order valence-corrected chi connectivity index (χ0v) is 16.6. The van der Waals surface area contributed by atoms with Gasteiger partial charge in [-0.3, -0.25) is 0 Å². The zero-order chi connectivity index (χ0) is 20.0. The van der Waals surface area contributed by atoms with Crippen molar-refractivity contribution in [3.63, 3.8) is 0 Å². The summed E-state index contributed by atoms with van der Waals surface area (Å²) in [6.45, 7) is 1.93. The summed E-state index contributed by atoms with van der Waals surface area (Å²) < 4.78 is 35.5. The molecular weight excluding hydrogens is 382 g/mol. The maximum atomic E-state index is 13.2. The highest BCUT2D eigenvalue weighted by molar-refractivity contribution is 7.89. The summed E-state index contributed by atoms with van der Waals surface area (Å²) in [6.07, 6.45) is 0. The van der Waals surface area contributed by atoms with Crippen molar-refractivity contribution < 1.29 is 13.2 Å². The number of sulfonamides is 1. The van der Waals surface area contributed by atoms with Crippen molar-refractivity contribution in [1.29, 1.82) is 0 Å². The number of ether oxygens (including phenoxy) is 1. The maximum absolute atomic E-state index is 13.2. The van der Waals surface area contributed by atoms with E-state index in [1.54, 1.807) is 24.3 Å². The Kier molecular flexibility index (Phi) is 4.15. The van der Waals surface area contributed by atoms with Gasteiger partial charge in [0.25, 0.3) is 0 Å². The molecule has 144 valence electrons. The summed E-state index contributed by atoms with van der Waals surface area (Å²) in [4.78, 5) is 0.244. The van der Waals surface area contributed by atoms with Crippen molar-refractivity contribution in [3.05, 3.63) is 102 Å². The van der Waals surface area contributed by atoms with E-state index in [2.05, 4.69) is 4.72 Å². The van der Waals surface area contributed by atoms with Gasteiger partial charge in [-0.25, -0.2) is 8.42 Å². The highest BCUT2D eigenvalue weighted by Crippen LogP contribution is 2.46. The van der Waals surface area contributed by atoms with Crippen LogP contribution in [0, 0.1) is 6.92 Å². The zero-order valence-electron chi connectivity index (χ0n) is 15.8. The number of fused-ring (bicyclic) bond motifs is 4. The highest BCUT2D eigenvalue weighted by atomic mass is 32.2. The number of aryl methyl sites for hydroxylation is 1. The number of hydrogen-bond donors (Lipinski definition) is 1. The number of rotatable bonds is 3. The van der Waals surface area contributed by atoms with Gasteiger partial charge in [0.15, 0.2) is 0 Å². The number of para-hydroxylation sites is 1. The number of nitrogens with one attached hydrogen (secondary N) is 1. The van der Waals surface area contributed by atoms with Crippen LogP contribution in [-0.2, 0) is 10.0 Å². The van der Waals surface area contributed by atoms with Gasteiger partial charge in [0.05, 0.1) is 10.9 Å². The molecule has 1 aliphatic rings. The van der Waals surface area contributed by atoms with Gasteiger partial charge < -0.3 is 4.74 Å². The van der Waals surface area contributed by atoms with Crippen LogP contribution >= 0.6 is 0 Å². The Hall–Kier alpha value is -3.15. The van der Waals surface area contributed by atoms with Crippen molar-refractivity contribution in [2.24, 2.45) is 0 Å². The van der Waals surface area contributed by atoms with Crippen LogP contribution in [0.2, 0.25) is 0 Å². The second-order valence-electron chi connectivity index (χ2n) is 7.21. The lowest BCUT2D eigenvalue weighted by Crippen LogP contribution is -2.31. The Morgan fingerprint density at radius 1 is 0.793 bits per heavy atom. The second kappa shape index (κ2) is 6.72. The van der Waals surface area contributed by atoms with E-state index in [4.69, 9.17) is 4.74 Å². The third-order valence-electron chi connectivity index (χ3n) is 5.27. The minimum Gasteiger partial charge on any atom is -0.457 e. The van der Waals surface area contributed by atoms with Crippen molar-refractivity contribution in [1.82, 2.24) is 4.72 Å². The monoisotopic (exact) mass is 401 g/mol. The summed E-state index contributed by atoms with van der Waals surface area (Å²) >= 11 is 0. The van der Waals surface area contributed by atoms with E-state index in [1.165, 1.54) is 0 Å². The molecule has 1 N–H and O–H groups in total. The summed E-state index contributed by atoms with van der Waals surface area (Å²) in [5.74, 6) is 1.32. The molecule has 1 aliphatic heterocycles. The van der Waals surface area contributed by atoms with Gasteiger partial charge in [0, 0.05) is 11.1 Å². The molecule has 1 unspecified atom stereocenters. The molecule has 0 radical (unpaired) electrons. The first-order chi connectivity index (χ1) is 14.0. The first-order valence-electron chi connectivity index (χ1n) is 9.40. The fraction of sp³-hybridized carbons (Fsp3) is 0.0833. The highest BCUT2D eigenvalue weighted by Gasteiger charge is 2.32. The number of benzene rings is 4. The maximum Gasteiger partial charge on any atom is 0.241 e. The lowest BCUT2D eigenvalue weighted by Gasteiger charge is -2.30. The van der Waals surface area contributed by atoms with Crippen LogP contribution in [-0.4, -0.2) is 8.42 Å². The number of hydrogen-bond acceptors (Lipinski definition) is 3. The van der Waals surface area contributed by atoms with Crippen LogP contribution < -0.4 is 9.46 Å². The first kappa shape index (κ1) is 17.9. The van der Waals surface area contributed by atoms with E-state index in [1.807, 2.05) is 67.6 Å². The molecule has 4 aromatic carbocycles. The van der Waals surface area contributed by atoms with Crippen molar-refractivity contribution in [2.45, 2.75) is 17.9 Å². The molecule has 0 spiro atoms. The first-order valence-corrected chi connectivity index (χ1v) is 10.9. The van der Waals surface area contributed by atoms with E-state index < -0.39 is 16.1 Å². The van der Waals surface area contributed by atoms with Crippen LogP contribution in [0.15, 0.2) is 89.8 Å². The van der Waals surface area contributed by atoms with Gasteiger partial charge in [0.1, 0.15) is 11.5 Å². The molecule has 0 bridgehead atoms. The summed E-state index contributed by atoms with van der Waals surface area (Å²) in [5.41, 5.74) is 2.64. The summed E-state index contributed by atoms with van der Waals surface area (Å²) in [7, 11) is -3.74. The lowest BCUT2D eigenvalue weighted by molar-refractivity contribution is 0.442. The van der Waals surface area contributed by atoms with Gasteiger partial charge >= 0.3 is 0 Å². The molecule has 5 rings (SSSR count). The van der Waals surface area contributed by atoms with E-state index in [-0.39, 0.29) is 4.90 Å². The predicted octanol–water partition coefficient (Wildman–Crippen LogP) is 5.32. The third-order valence-corrected chi connectivity index (χ3v) is 6.71. The van der Waals surface area contributed by atoms with Crippen molar-refractivity contribution in [2.75, 3.05) is 0 Å². The Balaban J connectivity index is 1.70. The summed E-state index contributed by atoms with van der Waals surface area (Å²) in [6, 6.07) is 25.7. The van der Waals surface area contributed by atoms with Crippen molar-refractivity contribution >= 4 is 20.8 Å². The fourth-order valence-corrected chi connectivity index (χ4v) is 5.00. The quantitative estimate of drug-likeness (QED) is 0.505. The Morgan fingerprint density at radius 2 is 1.52 bits per heavy atom. The molecule has 1 heterocycles. The molecular formula is C24H19NO3S. The lowest BCUT2D eigenvalue weighted by atomic mass is 9.91. The average molecular weight is 401 g/mol. The molecule has 4 aromatic rings. The molecule has 5 heteroatoms. The van der Waals surface area contributed by atoms with E-state index in [9.17, 15) is 8.42 Å². The normalized spacial score (nSPS) is 15.4. The average Bonchev–Trinajstić information content (AvgIpc) is 2.73. The minimum absolute atomic E-state index is 0.244. The largest absolute Gasteiger partial charge is 0.457 e. The van der Waals surface area contributed by atoms with Crippen LogP contribution in [0.25, 0.3) is 10.8 Å². The van der Waals surface area contributed by atoms with Crippen LogP contribution in [0.1, 0.15) is 22.7 Å². The topological polar surface area (TPSA) is 55.4 Å². The molecule has 0 fully saturated rings. The molecule has 4 nitrogen and oxygen atoms in total. The standard InChI is InChI=1S/C24H19NO3S/c1-16-10-13-18(14-11-16)29(26,27)25-24-20-8-4-5-9-21(20)28-22-15-12-17-6-2-3-7-19(17)23(22)24/h2-15,24-25H,1H3. The Bertz CT molecular complexity index is 1330. The molecule has 0 saturated carbocycles. The van der Waals surface area contributed by atoms with Crippen LogP contribution in [0.3, 0.4) is 0 Å². The molecule has 0 aromatic heterocycles. The Morgan fingerprint density at radius 3 is 2.34 bits per heavy atom. The minimum atomic E-state index is -3.74. The molecule has 0 amide bonds. The summed E-state index contributed by atoms with van der Waals surface area (Å²) in [5, 5.41) is 2.00. The predicted molar refractivity (Wildman–Crippen MR) is 114 cm³/mol. The molecule has 0 saturated heterocycles. The van der Waals surface area contributed by atoms with E-state index in [0.717, 1.165) is 27.5 Å². The van der Waals surface area contributed by atoms with Gasteiger partial charge in [-0.15, -0.1) is 0 Å². The van der Waals surface area contributed by atoms with Gasteiger partial charge in [-0.1, -0.05) is 66.2 Å². The molecule has 1 atom stereocenters. The van der Waals surface area contributed by atoms with Gasteiger partial charge in [-0.05, 0) is 42.0 Å². The fourth-order valence-electron chi connectivity index (χ4n) is 3.81. The molecule has 29 heavy (non-hydrogen) atoms. The van der Waals surface area contributed by atoms with Gasteiger partial charge in [-0.2, -0.15) is 4.72 Å². The van der Waals surface area contributed by atoms with Crippen molar-refractivity contribution in [3.8, 4) is 11.5 Å².